The van der Waals surface area contributed by atoms with E-state index in [4.69, 9.17) is 16.3 Å². The number of rotatable bonds is 7. The molecule has 7 nitrogen and oxygen atoms in total. The highest BCUT2D eigenvalue weighted by Crippen LogP contribution is 2.14. The van der Waals surface area contributed by atoms with Crippen LogP contribution in [0.3, 0.4) is 0 Å². The molecule has 0 radical (unpaired) electrons. The minimum Gasteiger partial charge on any atom is -0.454 e. The summed E-state index contributed by atoms with van der Waals surface area (Å²) in [5, 5.41) is 4.82. The number of hydrogen-bond donors (Lipinski definition) is 2. The molecule has 2 rings (SSSR count). The molecule has 0 aromatic heterocycles. The average Bonchev–Trinajstić information content (AvgIpc) is 2.67. The third kappa shape index (κ3) is 6.51. The van der Waals surface area contributed by atoms with Gasteiger partial charge in [0.25, 0.3) is 11.8 Å². The number of ether oxygens (including phenoxy) is 1. The molecular formula is C20H19ClN2O5. The fourth-order valence-electron chi connectivity index (χ4n) is 2.26. The normalized spacial score (nSPS) is 11.2. The molecular weight excluding hydrogens is 384 g/mol. The number of hydrogen-bond acceptors (Lipinski definition) is 5. The first-order valence-electron chi connectivity index (χ1n) is 8.45. The largest absolute Gasteiger partial charge is 0.454 e. The van der Waals surface area contributed by atoms with Crippen LogP contribution >= 0.6 is 11.6 Å². The lowest BCUT2D eigenvalue weighted by Crippen LogP contribution is -2.41. The molecule has 0 aliphatic rings. The van der Waals surface area contributed by atoms with Gasteiger partial charge in [-0.3, -0.25) is 19.7 Å². The fourth-order valence-corrected chi connectivity index (χ4v) is 2.48. The molecule has 1 atom stereocenters. The number of carbonyl (C=O) groups excluding carboxylic acids is 4. The van der Waals surface area contributed by atoms with Crippen molar-refractivity contribution >= 4 is 35.3 Å². The molecule has 0 saturated carbocycles. The number of nitrogens with one attached hydrogen (secondary N) is 2. The fraction of sp³-hybridized carbons (Fsp3) is 0.200. The molecule has 8 heteroatoms. The second kappa shape index (κ2) is 10.2. The molecule has 0 heterocycles. The van der Waals surface area contributed by atoms with Gasteiger partial charge in [-0.2, -0.15) is 0 Å². The van der Waals surface area contributed by atoms with Crippen LogP contribution in [0, 0.1) is 0 Å². The van der Waals surface area contributed by atoms with Crippen molar-refractivity contribution in [1.82, 2.24) is 10.6 Å². The summed E-state index contributed by atoms with van der Waals surface area (Å²) in [7, 11) is 0. The number of halogens is 1. The Morgan fingerprint density at radius 3 is 2.29 bits per heavy atom. The Kier molecular flexibility index (Phi) is 7.71. The van der Waals surface area contributed by atoms with Crippen molar-refractivity contribution in [1.29, 1.82) is 0 Å². The molecule has 0 spiro atoms. The van der Waals surface area contributed by atoms with E-state index in [0.717, 1.165) is 5.56 Å². The van der Waals surface area contributed by atoms with Gasteiger partial charge in [0.05, 0.1) is 17.0 Å². The van der Waals surface area contributed by atoms with Crippen LogP contribution in [-0.4, -0.2) is 36.3 Å². The zero-order valence-corrected chi connectivity index (χ0v) is 15.9. The summed E-state index contributed by atoms with van der Waals surface area (Å²) in [5.41, 5.74) is 0.966. The van der Waals surface area contributed by atoms with Gasteiger partial charge in [-0.25, -0.2) is 4.79 Å². The summed E-state index contributed by atoms with van der Waals surface area (Å²) in [4.78, 5) is 47.6. The Balaban J connectivity index is 1.76. The van der Waals surface area contributed by atoms with E-state index in [1.54, 1.807) is 42.5 Å². The van der Waals surface area contributed by atoms with Crippen molar-refractivity contribution in [3.63, 3.8) is 0 Å². The lowest BCUT2D eigenvalue weighted by molar-refractivity contribution is -0.150. The van der Waals surface area contributed by atoms with E-state index >= 15 is 0 Å². The molecule has 28 heavy (non-hydrogen) atoms. The van der Waals surface area contributed by atoms with E-state index in [-0.39, 0.29) is 17.0 Å². The maximum absolute atomic E-state index is 12.1. The minimum absolute atomic E-state index is 0.0326. The molecule has 0 bridgehead atoms. The number of imide groups is 1. The summed E-state index contributed by atoms with van der Waals surface area (Å²) in [6.07, 6.45) is 0.0326. The Bertz CT molecular complexity index is 870. The molecule has 0 aliphatic heterocycles. The predicted octanol–water partition coefficient (Wildman–Crippen LogP) is 1.89. The zero-order chi connectivity index (χ0) is 20.5. The van der Waals surface area contributed by atoms with Gasteiger partial charge >= 0.3 is 5.97 Å². The molecule has 0 saturated heterocycles. The smallest absolute Gasteiger partial charge is 0.328 e. The third-order valence-electron chi connectivity index (χ3n) is 3.65. The van der Waals surface area contributed by atoms with Crippen LogP contribution in [0.4, 0.5) is 0 Å². The van der Waals surface area contributed by atoms with E-state index in [1.165, 1.54) is 13.0 Å². The Labute approximate surface area is 167 Å². The topological polar surface area (TPSA) is 102 Å². The minimum atomic E-state index is -1.00. The number of carbonyl (C=O) groups is 4. The van der Waals surface area contributed by atoms with Gasteiger partial charge in [0.15, 0.2) is 6.61 Å². The monoisotopic (exact) mass is 402 g/mol. The highest BCUT2D eigenvalue weighted by atomic mass is 35.5. The highest BCUT2D eigenvalue weighted by Gasteiger charge is 2.20. The molecule has 146 valence electrons. The first kappa shape index (κ1) is 21.1. The van der Waals surface area contributed by atoms with Crippen LogP contribution in [0.2, 0.25) is 5.02 Å². The van der Waals surface area contributed by atoms with E-state index in [0.29, 0.717) is 0 Å². The highest BCUT2D eigenvalue weighted by molar-refractivity contribution is 6.33. The molecule has 2 aromatic carbocycles. The Morgan fingerprint density at radius 1 is 0.964 bits per heavy atom. The summed E-state index contributed by atoms with van der Waals surface area (Å²) in [5.74, 6) is -2.62. The molecule has 2 aromatic rings. The number of esters is 1. The SMILES string of the molecule is C[C@@H](NC(=O)c1ccccc1Cl)C(=O)OCC(=O)NC(=O)Cc1ccccc1. The van der Waals surface area contributed by atoms with Crippen molar-refractivity contribution in [2.75, 3.05) is 6.61 Å². The van der Waals surface area contributed by atoms with Gasteiger partial charge in [0, 0.05) is 0 Å². The Hall–Kier alpha value is -3.19. The summed E-state index contributed by atoms with van der Waals surface area (Å²) in [6, 6.07) is 14.3. The average molecular weight is 403 g/mol. The van der Waals surface area contributed by atoms with Crippen molar-refractivity contribution in [2.24, 2.45) is 0 Å². The number of benzene rings is 2. The first-order valence-corrected chi connectivity index (χ1v) is 8.83. The summed E-state index contributed by atoms with van der Waals surface area (Å²) >= 11 is 5.93. The van der Waals surface area contributed by atoms with Crippen molar-refractivity contribution in [3.8, 4) is 0 Å². The third-order valence-corrected chi connectivity index (χ3v) is 3.98. The molecule has 0 aliphatic carbocycles. The number of amides is 3. The Morgan fingerprint density at radius 2 is 1.61 bits per heavy atom. The summed E-state index contributed by atoms with van der Waals surface area (Å²) < 4.78 is 4.83. The van der Waals surface area contributed by atoms with Crippen LogP contribution in [0.1, 0.15) is 22.8 Å². The quantitative estimate of drug-likeness (QED) is 0.688. The van der Waals surface area contributed by atoms with Crippen LogP contribution in [0.15, 0.2) is 54.6 Å². The van der Waals surface area contributed by atoms with Crippen LogP contribution in [0.5, 0.6) is 0 Å². The van der Waals surface area contributed by atoms with Gasteiger partial charge < -0.3 is 10.1 Å². The summed E-state index contributed by atoms with van der Waals surface area (Å²) in [6.45, 7) is 0.779. The standard InChI is InChI=1S/C20H19ClN2O5/c1-13(22-19(26)15-9-5-6-10-16(15)21)20(27)28-12-18(25)23-17(24)11-14-7-3-2-4-8-14/h2-10,13H,11-12H2,1H3,(H,22,26)(H,23,24,25)/t13-/m1/s1. The van der Waals surface area contributed by atoms with Gasteiger partial charge in [-0.1, -0.05) is 54.1 Å². The predicted molar refractivity (Wildman–Crippen MR) is 103 cm³/mol. The van der Waals surface area contributed by atoms with Crippen LogP contribution < -0.4 is 10.6 Å². The van der Waals surface area contributed by atoms with E-state index in [1.807, 2.05) is 6.07 Å². The maximum atomic E-state index is 12.1. The van der Waals surface area contributed by atoms with Crippen molar-refractivity contribution in [2.45, 2.75) is 19.4 Å². The van der Waals surface area contributed by atoms with E-state index in [9.17, 15) is 19.2 Å². The maximum Gasteiger partial charge on any atom is 0.328 e. The molecule has 0 fully saturated rings. The van der Waals surface area contributed by atoms with Crippen molar-refractivity contribution in [3.05, 3.63) is 70.7 Å². The molecule has 3 amide bonds. The van der Waals surface area contributed by atoms with E-state index in [2.05, 4.69) is 10.6 Å². The molecule has 0 unspecified atom stereocenters. The second-order valence-corrected chi connectivity index (χ2v) is 6.32. The zero-order valence-electron chi connectivity index (χ0n) is 15.1. The van der Waals surface area contributed by atoms with Crippen LogP contribution in [-0.2, 0) is 25.5 Å². The van der Waals surface area contributed by atoms with E-state index < -0.39 is 36.3 Å². The van der Waals surface area contributed by atoms with Gasteiger partial charge in [0.1, 0.15) is 6.04 Å². The molecule has 2 N–H and O–H groups in total. The van der Waals surface area contributed by atoms with Crippen LogP contribution in [0.25, 0.3) is 0 Å². The lowest BCUT2D eigenvalue weighted by atomic mass is 10.1. The van der Waals surface area contributed by atoms with Gasteiger partial charge in [0.2, 0.25) is 5.91 Å². The second-order valence-electron chi connectivity index (χ2n) is 5.92. The lowest BCUT2D eigenvalue weighted by Gasteiger charge is -2.13. The van der Waals surface area contributed by atoms with Gasteiger partial charge in [-0.15, -0.1) is 0 Å². The first-order chi connectivity index (χ1) is 13.4. The van der Waals surface area contributed by atoms with Crippen molar-refractivity contribution < 1.29 is 23.9 Å². The van der Waals surface area contributed by atoms with Gasteiger partial charge in [-0.05, 0) is 24.6 Å².